The van der Waals surface area contributed by atoms with E-state index in [0.717, 1.165) is 11.1 Å². The van der Waals surface area contributed by atoms with Crippen molar-refractivity contribution in [2.24, 2.45) is 0 Å². The Bertz CT molecular complexity index is 1160. The number of hydrogen-bond acceptors (Lipinski definition) is 4. The molecule has 0 fully saturated rings. The lowest BCUT2D eigenvalue weighted by Crippen LogP contribution is -2.23. The SMILES string of the molecule is N#Cc1ccc(/C=C/C(=O)c2ccc(S(=O)(=O)NCc3ccccc3)cc2)cc1. The molecule has 0 radical (unpaired) electrons. The zero-order valence-electron chi connectivity index (χ0n) is 15.4. The molecule has 0 amide bonds. The van der Waals surface area contributed by atoms with E-state index in [2.05, 4.69) is 4.72 Å². The minimum atomic E-state index is -3.67. The number of nitrogens with one attached hydrogen (secondary N) is 1. The Morgan fingerprint density at radius 3 is 2.21 bits per heavy atom. The fourth-order valence-electron chi connectivity index (χ4n) is 2.59. The molecule has 3 aromatic carbocycles. The minimum absolute atomic E-state index is 0.0982. The highest BCUT2D eigenvalue weighted by Gasteiger charge is 2.14. The second-order valence-electron chi connectivity index (χ2n) is 6.27. The zero-order chi connectivity index (χ0) is 20.7. The summed E-state index contributed by atoms with van der Waals surface area (Å²) in [5.41, 5.74) is 2.58. The highest BCUT2D eigenvalue weighted by atomic mass is 32.2. The van der Waals surface area contributed by atoms with E-state index in [0.29, 0.717) is 11.1 Å². The molecule has 0 bridgehead atoms. The van der Waals surface area contributed by atoms with Crippen LogP contribution in [0.3, 0.4) is 0 Å². The number of ketones is 1. The predicted octanol–water partition coefficient (Wildman–Crippen LogP) is 3.93. The highest BCUT2D eigenvalue weighted by molar-refractivity contribution is 7.89. The maximum absolute atomic E-state index is 12.4. The van der Waals surface area contributed by atoms with Crippen molar-refractivity contribution in [1.29, 1.82) is 5.26 Å². The molecule has 144 valence electrons. The quantitative estimate of drug-likeness (QED) is 0.479. The first kappa shape index (κ1) is 20.2. The van der Waals surface area contributed by atoms with E-state index in [9.17, 15) is 13.2 Å². The summed E-state index contributed by atoms with van der Waals surface area (Å²) in [7, 11) is -3.67. The zero-order valence-corrected chi connectivity index (χ0v) is 16.3. The first-order valence-corrected chi connectivity index (χ1v) is 10.3. The predicted molar refractivity (Wildman–Crippen MR) is 111 cm³/mol. The molecule has 0 heterocycles. The van der Waals surface area contributed by atoms with Crippen LogP contribution in [0.5, 0.6) is 0 Å². The fourth-order valence-corrected chi connectivity index (χ4v) is 3.61. The molecule has 1 N–H and O–H groups in total. The molecule has 0 aliphatic rings. The van der Waals surface area contributed by atoms with Crippen LogP contribution >= 0.6 is 0 Å². The van der Waals surface area contributed by atoms with Gasteiger partial charge in [0.15, 0.2) is 5.78 Å². The third-order valence-corrected chi connectivity index (χ3v) is 5.64. The normalized spacial score (nSPS) is 11.3. The molecule has 0 aromatic heterocycles. The van der Waals surface area contributed by atoms with E-state index in [1.54, 1.807) is 30.3 Å². The largest absolute Gasteiger partial charge is 0.289 e. The minimum Gasteiger partial charge on any atom is -0.289 e. The summed E-state index contributed by atoms with van der Waals surface area (Å²) < 4.78 is 27.4. The Balaban J connectivity index is 1.66. The summed E-state index contributed by atoms with van der Waals surface area (Å²) in [4.78, 5) is 12.4. The second kappa shape index (κ2) is 9.11. The van der Waals surface area contributed by atoms with E-state index in [1.807, 2.05) is 36.4 Å². The number of nitriles is 1. The van der Waals surface area contributed by atoms with Crippen LogP contribution in [0, 0.1) is 11.3 Å². The van der Waals surface area contributed by atoms with Crippen molar-refractivity contribution in [3.8, 4) is 6.07 Å². The van der Waals surface area contributed by atoms with Gasteiger partial charge in [0.1, 0.15) is 0 Å². The van der Waals surface area contributed by atoms with Crippen molar-refractivity contribution in [2.45, 2.75) is 11.4 Å². The number of rotatable bonds is 7. The summed E-state index contributed by atoms with van der Waals surface area (Å²) in [6.45, 7) is 0.192. The Morgan fingerprint density at radius 2 is 1.59 bits per heavy atom. The average molecular weight is 402 g/mol. The molecule has 5 nitrogen and oxygen atoms in total. The van der Waals surface area contributed by atoms with Gasteiger partial charge in [0.25, 0.3) is 0 Å². The molecule has 0 saturated carbocycles. The number of benzene rings is 3. The fraction of sp³-hybridized carbons (Fsp3) is 0.0435. The van der Waals surface area contributed by atoms with Crippen molar-refractivity contribution in [3.05, 3.63) is 107 Å². The Morgan fingerprint density at radius 1 is 0.931 bits per heavy atom. The van der Waals surface area contributed by atoms with Gasteiger partial charge < -0.3 is 0 Å². The molecular weight excluding hydrogens is 384 g/mol. The number of carbonyl (C=O) groups is 1. The molecule has 0 saturated heterocycles. The Hall–Kier alpha value is -3.53. The number of sulfonamides is 1. The van der Waals surface area contributed by atoms with E-state index < -0.39 is 10.0 Å². The molecule has 3 aromatic rings. The van der Waals surface area contributed by atoms with Crippen LogP contribution in [-0.2, 0) is 16.6 Å². The van der Waals surface area contributed by atoms with Gasteiger partial charge in [-0.25, -0.2) is 13.1 Å². The lowest BCUT2D eigenvalue weighted by atomic mass is 10.1. The monoisotopic (exact) mass is 402 g/mol. The van der Waals surface area contributed by atoms with Crippen LogP contribution in [0.1, 0.15) is 27.0 Å². The molecule has 0 aliphatic heterocycles. The van der Waals surface area contributed by atoms with Gasteiger partial charge in [-0.1, -0.05) is 48.5 Å². The molecule has 29 heavy (non-hydrogen) atoms. The smallest absolute Gasteiger partial charge is 0.240 e. The topological polar surface area (TPSA) is 87.0 Å². The van der Waals surface area contributed by atoms with E-state index in [4.69, 9.17) is 5.26 Å². The van der Waals surface area contributed by atoms with Crippen LogP contribution in [0.25, 0.3) is 6.08 Å². The van der Waals surface area contributed by atoms with Gasteiger partial charge in [0, 0.05) is 12.1 Å². The Kier molecular flexibility index (Phi) is 6.35. The summed E-state index contributed by atoms with van der Waals surface area (Å²) in [5, 5.41) is 8.80. The maximum Gasteiger partial charge on any atom is 0.240 e. The first-order chi connectivity index (χ1) is 14.0. The lowest BCUT2D eigenvalue weighted by Gasteiger charge is -2.07. The molecule has 0 spiro atoms. The number of hydrogen-bond donors (Lipinski definition) is 1. The standard InChI is InChI=1S/C23H18N2O3S/c24-16-19-8-6-18(7-9-19)10-15-23(26)21-11-13-22(14-12-21)29(27,28)25-17-20-4-2-1-3-5-20/h1-15,25H,17H2/b15-10+. The molecule has 0 aliphatic carbocycles. The van der Waals surface area contributed by atoms with Gasteiger partial charge in [0.2, 0.25) is 10.0 Å². The first-order valence-electron chi connectivity index (χ1n) is 8.84. The van der Waals surface area contributed by atoms with Gasteiger partial charge in [-0.15, -0.1) is 0 Å². The summed E-state index contributed by atoms with van der Waals surface area (Å²) >= 11 is 0. The van der Waals surface area contributed by atoms with Crippen LogP contribution in [0.4, 0.5) is 0 Å². The number of allylic oxidation sites excluding steroid dienone is 1. The van der Waals surface area contributed by atoms with Gasteiger partial charge in [-0.05, 0) is 53.6 Å². The van der Waals surface area contributed by atoms with Crippen molar-refractivity contribution < 1.29 is 13.2 Å². The van der Waals surface area contributed by atoms with Crippen molar-refractivity contribution >= 4 is 21.9 Å². The van der Waals surface area contributed by atoms with E-state index in [-0.39, 0.29) is 17.2 Å². The summed E-state index contributed by atoms with van der Waals surface area (Å²) in [6, 6.07) is 23.9. The second-order valence-corrected chi connectivity index (χ2v) is 8.03. The van der Waals surface area contributed by atoms with Gasteiger partial charge in [-0.2, -0.15) is 5.26 Å². The van der Waals surface area contributed by atoms with Gasteiger partial charge in [0.05, 0.1) is 16.5 Å². The van der Waals surface area contributed by atoms with Gasteiger partial charge >= 0.3 is 0 Å². The van der Waals surface area contributed by atoms with Crippen LogP contribution < -0.4 is 4.72 Å². The molecule has 0 unspecified atom stereocenters. The summed E-state index contributed by atoms with van der Waals surface area (Å²) in [5.74, 6) is -0.240. The number of carbonyl (C=O) groups excluding carboxylic acids is 1. The van der Waals surface area contributed by atoms with Crippen LogP contribution in [0.2, 0.25) is 0 Å². The molecular formula is C23H18N2O3S. The van der Waals surface area contributed by atoms with E-state index >= 15 is 0 Å². The van der Waals surface area contributed by atoms with Crippen molar-refractivity contribution in [3.63, 3.8) is 0 Å². The van der Waals surface area contributed by atoms with Crippen molar-refractivity contribution in [1.82, 2.24) is 4.72 Å². The maximum atomic E-state index is 12.4. The average Bonchev–Trinajstić information content (AvgIpc) is 2.77. The molecule has 0 atom stereocenters. The molecule has 3 rings (SSSR count). The van der Waals surface area contributed by atoms with Crippen LogP contribution in [-0.4, -0.2) is 14.2 Å². The highest BCUT2D eigenvalue weighted by Crippen LogP contribution is 2.13. The third-order valence-electron chi connectivity index (χ3n) is 4.23. The number of nitrogens with zero attached hydrogens (tertiary/aromatic N) is 1. The van der Waals surface area contributed by atoms with Crippen LogP contribution in [0.15, 0.2) is 89.8 Å². The van der Waals surface area contributed by atoms with E-state index in [1.165, 1.54) is 30.3 Å². The lowest BCUT2D eigenvalue weighted by molar-refractivity contribution is 0.104. The van der Waals surface area contributed by atoms with Gasteiger partial charge in [-0.3, -0.25) is 4.79 Å². The third kappa shape index (κ3) is 5.48. The summed E-state index contributed by atoms with van der Waals surface area (Å²) in [6.07, 6.45) is 3.06. The Labute approximate surface area is 170 Å². The van der Waals surface area contributed by atoms with Crippen molar-refractivity contribution in [2.75, 3.05) is 0 Å². The molecule has 6 heteroatoms.